The van der Waals surface area contributed by atoms with Crippen LogP contribution in [0, 0.1) is 0 Å². The van der Waals surface area contributed by atoms with Crippen molar-refractivity contribution >= 4 is 28.1 Å². The molecule has 0 aliphatic heterocycles. The molecule has 0 unspecified atom stereocenters. The van der Waals surface area contributed by atoms with E-state index in [9.17, 15) is 13.6 Å². The average Bonchev–Trinajstić information content (AvgIpc) is 2.49. The molecule has 0 radical (unpaired) electrons. The summed E-state index contributed by atoms with van der Waals surface area (Å²) in [5, 5.41) is 3.76. The van der Waals surface area contributed by atoms with Crippen molar-refractivity contribution in [1.82, 2.24) is 5.43 Å². The molecule has 0 atom stereocenters. The lowest BCUT2D eigenvalue weighted by atomic mass is 10.2. The largest absolute Gasteiger partial charge is 0.434 e. The summed E-state index contributed by atoms with van der Waals surface area (Å²) in [5.41, 5.74) is 3.07. The third-order valence-electron chi connectivity index (χ3n) is 2.62. The molecule has 0 bridgehead atoms. The maximum absolute atomic E-state index is 12.3. The van der Waals surface area contributed by atoms with Gasteiger partial charge < -0.3 is 4.74 Å². The van der Waals surface area contributed by atoms with E-state index in [4.69, 9.17) is 0 Å². The maximum atomic E-state index is 12.3. The second kappa shape index (κ2) is 7.65. The fourth-order valence-corrected chi connectivity index (χ4v) is 2.12. The molecule has 0 fully saturated rings. The molecule has 7 heteroatoms. The second-order valence-corrected chi connectivity index (χ2v) is 4.95. The van der Waals surface area contributed by atoms with E-state index in [1.54, 1.807) is 42.5 Å². The number of carbonyl (C=O) groups excluding carboxylic acids is 1. The van der Waals surface area contributed by atoms with E-state index in [0.29, 0.717) is 15.6 Å². The first kappa shape index (κ1) is 16.1. The van der Waals surface area contributed by atoms with Crippen molar-refractivity contribution in [2.45, 2.75) is 6.61 Å². The molecule has 0 aromatic heterocycles. The number of benzene rings is 2. The van der Waals surface area contributed by atoms with E-state index in [1.165, 1.54) is 12.3 Å². The average molecular weight is 369 g/mol. The topological polar surface area (TPSA) is 50.7 Å². The summed E-state index contributed by atoms with van der Waals surface area (Å²) < 4.78 is 29.5. The van der Waals surface area contributed by atoms with Gasteiger partial charge in [0.15, 0.2) is 0 Å². The van der Waals surface area contributed by atoms with Gasteiger partial charge in [0.1, 0.15) is 5.75 Å². The van der Waals surface area contributed by atoms with Crippen LogP contribution in [0.15, 0.2) is 58.1 Å². The van der Waals surface area contributed by atoms with Crippen LogP contribution in [0.5, 0.6) is 5.75 Å². The van der Waals surface area contributed by atoms with E-state index in [-0.39, 0.29) is 5.75 Å². The van der Waals surface area contributed by atoms with Crippen LogP contribution < -0.4 is 10.2 Å². The number of amides is 1. The lowest BCUT2D eigenvalue weighted by Crippen LogP contribution is -2.18. The van der Waals surface area contributed by atoms with Crippen LogP contribution in [0.4, 0.5) is 8.78 Å². The number of hydrogen-bond donors (Lipinski definition) is 1. The Balaban J connectivity index is 2.07. The van der Waals surface area contributed by atoms with Gasteiger partial charge in [-0.3, -0.25) is 4.79 Å². The first-order valence-corrected chi connectivity index (χ1v) is 6.99. The van der Waals surface area contributed by atoms with Crippen LogP contribution >= 0.6 is 15.9 Å². The Morgan fingerprint density at radius 2 is 1.86 bits per heavy atom. The van der Waals surface area contributed by atoms with Crippen molar-refractivity contribution in [3.8, 4) is 5.75 Å². The van der Waals surface area contributed by atoms with Crippen molar-refractivity contribution < 1.29 is 18.3 Å². The summed E-state index contributed by atoms with van der Waals surface area (Å²) >= 11 is 3.26. The van der Waals surface area contributed by atoms with Gasteiger partial charge in [0, 0.05) is 10.0 Å². The lowest BCUT2D eigenvalue weighted by Gasteiger charge is -2.07. The predicted molar refractivity (Wildman–Crippen MR) is 82.3 cm³/mol. The van der Waals surface area contributed by atoms with Crippen molar-refractivity contribution in [3.05, 3.63) is 64.1 Å². The molecule has 1 N–H and O–H groups in total. The third kappa shape index (κ3) is 4.36. The van der Waals surface area contributed by atoms with E-state index >= 15 is 0 Å². The van der Waals surface area contributed by atoms with Crippen molar-refractivity contribution in [2.75, 3.05) is 0 Å². The summed E-state index contributed by atoms with van der Waals surface area (Å²) in [4.78, 5) is 11.9. The molecule has 1 amide bonds. The normalized spacial score (nSPS) is 10.9. The second-order valence-electron chi connectivity index (χ2n) is 4.10. The molecule has 2 aromatic carbocycles. The van der Waals surface area contributed by atoms with Crippen LogP contribution in [0.3, 0.4) is 0 Å². The minimum Gasteiger partial charge on any atom is -0.434 e. The van der Waals surface area contributed by atoms with Gasteiger partial charge in [0.2, 0.25) is 0 Å². The van der Waals surface area contributed by atoms with Crippen molar-refractivity contribution in [3.63, 3.8) is 0 Å². The minimum absolute atomic E-state index is 0.0172. The Labute approximate surface area is 133 Å². The summed E-state index contributed by atoms with van der Waals surface area (Å²) in [6.45, 7) is -2.93. The molecular weight excluding hydrogens is 358 g/mol. The van der Waals surface area contributed by atoms with Crippen molar-refractivity contribution in [2.24, 2.45) is 5.10 Å². The summed E-state index contributed by atoms with van der Waals surface area (Å²) in [7, 11) is 0. The lowest BCUT2D eigenvalue weighted by molar-refractivity contribution is -0.0499. The molecule has 2 aromatic rings. The number of ether oxygens (including phenoxy) is 1. The van der Waals surface area contributed by atoms with E-state index < -0.39 is 12.5 Å². The molecule has 0 saturated heterocycles. The first-order valence-electron chi connectivity index (χ1n) is 6.19. The van der Waals surface area contributed by atoms with Gasteiger partial charge in [-0.1, -0.05) is 24.3 Å². The molecule has 114 valence electrons. The minimum atomic E-state index is -2.93. The highest BCUT2D eigenvalue weighted by atomic mass is 79.9. The first-order chi connectivity index (χ1) is 10.6. The number of carbonyl (C=O) groups is 1. The van der Waals surface area contributed by atoms with Crippen LogP contribution in [0.1, 0.15) is 15.9 Å². The van der Waals surface area contributed by atoms with Crippen molar-refractivity contribution in [1.29, 1.82) is 0 Å². The summed E-state index contributed by atoms with van der Waals surface area (Å²) in [6.07, 6.45) is 1.24. The summed E-state index contributed by atoms with van der Waals surface area (Å²) in [6, 6.07) is 13.0. The Kier molecular flexibility index (Phi) is 5.60. The van der Waals surface area contributed by atoms with E-state index in [0.717, 1.165) is 0 Å². The number of alkyl halides is 2. The van der Waals surface area contributed by atoms with Gasteiger partial charge in [-0.25, -0.2) is 5.43 Å². The number of halogens is 3. The van der Waals surface area contributed by atoms with Crippen LogP contribution in [0.2, 0.25) is 0 Å². The van der Waals surface area contributed by atoms with Gasteiger partial charge in [0.05, 0.1) is 11.8 Å². The SMILES string of the molecule is O=C(N/N=C/c1ccccc1OC(F)F)c1ccccc1Br. The zero-order chi connectivity index (χ0) is 15.9. The quantitative estimate of drug-likeness (QED) is 0.644. The number of hydrazone groups is 1. The molecular formula is C15H11BrF2N2O2. The molecule has 2 rings (SSSR count). The monoisotopic (exact) mass is 368 g/mol. The van der Waals surface area contributed by atoms with E-state index in [2.05, 4.69) is 31.2 Å². The van der Waals surface area contributed by atoms with Gasteiger partial charge in [-0.2, -0.15) is 13.9 Å². The highest BCUT2D eigenvalue weighted by Gasteiger charge is 2.09. The van der Waals surface area contributed by atoms with Crippen LogP contribution in [-0.4, -0.2) is 18.7 Å². The number of hydrogen-bond acceptors (Lipinski definition) is 3. The zero-order valence-corrected chi connectivity index (χ0v) is 12.8. The fourth-order valence-electron chi connectivity index (χ4n) is 1.66. The standard InChI is InChI=1S/C15H11BrF2N2O2/c16-12-7-3-2-6-11(12)14(21)20-19-9-10-5-1-4-8-13(10)22-15(17)18/h1-9,15H,(H,20,21)/b19-9+. The molecule has 0 heterocycles. The number of para-hydroxylation sites is 1. The highest BCUT2D eigenvalue weighted by Crippen LogP contribution is 2.18. The number of rotatable bonds is 5. The smallest absolute Gasteiger partial charge is 0.387 e. The fraction of sp³-hybridized carbons (Fsp3) is 0.0667. The molecule has 0 spiro atoms. The maximum Gasteiger partial charge on any atom is 0.387 e. The predicted octanol–water partition coefficient (Wildman–Crippen LogP) is 3.81. The molecule has 4 nitrogen and oxygen atoms in total. The summed E-state index contributed by atoms with van der Waals surface area (Å²) in [5.74, 6) is -0.438. The molecule has 0 saturated carbocycles. The molecule has 22 heavy (non-hydrogen) atoms. The van der Waals surface area contributed by atoms with Crippen LogP contribution in [-0.2, 0) is 0 Å². The zero-order valence-electron chi connectivity index (χ0n) is 11.2. The number of nitrogens with zero attached hydrogens (tertiary/aromatic N) is 1. The Bertz CT molecular complexity index is 693. The number of nitrogens with one attached hydrogen (secondary N) is 1. The van der Waals surface area contributed by atoms with Crippen LogP contribution in [0.25, 0.3) is 0 Å². The Hall–Kier alpha value is -2.28. The Morgan fingerprint density at radius 1 is 1.18 bits per heavy atom. The van der Waals surface area contributed by atoms with Gasteiger partial charge >= 0.3 is 6.61 Å². The van der Waals surface area contributed by atoms with Gasteiger partial charge in [-0.15, -0.1) is 0 Å². The molecule has 0 aliphatic carbocycles. The van der Waals surface area contributed by atoms with Gasteiger partial charge in [-0.05, 0) is 40.2 Å². The Morgan fingerprint density at radius 3 is 2.59 bits per heavy atom. The third-order valence-corrected chi connectivity index (χ3v) is 3.31. The van der Waals surface area contributed by atoms with E-state index in [1.807, 2.05) is 0 Å². The van der Waals surface area contributed by atoms with Gasteiger partial charge in [0.25, 0.3) is 5.91 Å². The molecule has 0 aliphatic rings. The highest BCUT2D eigenvalue weighted by molar-refractivity contribution is 9.10.